The van der Waals surface area contributed by atoms with E-state index in [1.807, 2.05) is 12.3 Å². The molecule has 1 heterocycles. The van der Waals surface area contributed by atoms with Crippen molar-refractivity contribution in [2.24, 2.45) is 0 Å². The zero-order chi connectivity index (χ0) is 10.4. The predicted molar refractivity (Wildman–Crippen MR) is 65.4 cm³/mol. The Labute approximate surface area is 87.9 Å². The minimum absolute atomic E-state index is 1.18. The van der Waals surface area contributed by atoms with Gasteiger partial charge in [0.15, 0.2) is 0 Å². The van der Waals surface area contributed by atoms with Crippen LogP contribution in [0, 0.1) is 0 Å². The van der Waals surface area contributed by atoms with Crippen LogP contribution in [0.4, 0.5) is 0 Å². The lowest BCUT2D eigenvalue weighted by atomic mass is 10.3. The van der Waals surface area contributed by atoms with E-state index in [1.165, 1.54) is 18.2 Å². The lowest BCUT2D eigenvalue weighted by Gasteiger charge is -2.16. The molecular formula is C12H19NSi. The summed E-state index contributed by atoms with van der Waals surface area (Å²) in [4.78, 5) is 4.44. The Hall–Kier alpha value is -0.893. The highest BCUT2D eigenvalue weighted by Gasteiger charge is 2.20. The number of aromatic nitrogens is 1. The first-order valence-corrected chi connectivity index (χ1v) is 8.34. The standard InChI is InChI=1S/C12H19NSi/c1-4-5-8-11-14(2,3)12-9-6-7-10-13-12/h6-11H,4-5H2,1-3H3/b11-8+. The summed E-state index contributed by atoms with van der Waals surface area (Å²) in [6.45, 7) is 6.88. The van der Waals surface area contributed by atoms with Crippen LogP contribution in [0.5, 0.6) is 0 Å². The van der Waals surface area contributed by atoms with Crippen LogP contribution >= 0.6 is 0 Å². The molecule has 0 fully saturated rings. The molecule has 0 aromatic carbocycles. The molecule has 0 N–H and O–H groups in total. The van der Waals surface area contributed by atoms with Gasteiger partial charge in [0.05, 0.1) is 0 Å². The van der Waals surface area contributed by atoms with Gasteiger partial charge >= 0.3 is 0 Å². The minimum Gasteiger partial charge on any atom is -0.266 e. The molecular weight excluding hydrogens is 186 g/mol. The molecule has 0 atom stereocenters. The van der Waals surface area contributed by atoms with Crippen molar-refractivity contribution in [2.75, 3.05) is 0 Å². The van der Waals surface area contributed by atoms with Crippen LogP contribution in [0.3, 0.4) is 0 Å². The van der Waals surface area contributed by atoms with Crippen molar-refractivity contribution in [1.82, 2.24) is 4.98 Å². The molecule has 14 heavy (non-hydrogen) atoms. The Morgan fingerprint density at radius 3 is 2.71 bits per heavy atom. The molecule has 0 aliphatic heterocycles. The second-order valence-corrected chi connectivity index (χ2v) is 8.42. The van der Waals surface area contributed by atoms with E-state index < -0.39 is 8.07 Å². The number of allylic oxidation sites excluding steroid dienone is 1. The number of hydrogen-bond donors (Lipinski definition) is 0. The van der Waals surface area contributed by atoms with Gasteiger partial charge in [-0.3, -0.25) is 4.98 Å². The van der Waals surface area contributed by atoms with Gasteiger partial charge in [0.1, 0.15) is 8.07 Å². The van der Waals surface area contributed by atoms with Crippen LogP contribution in [0.15, 0.2) is 36.2 Å². The highest BCUT2D eigenvalue weighted by Crippen LogP contribution is 2.04. The van der Waals surface area contributed by atoms with Gasteiger partial charge in [0.2, 0.25) is 0 Å². The fraction of sp³-hybridized carbons (Fsp3) is 0.417. The molecule has 0 saturated carbocycles. The Balaban J connectivity index is 2.75. The lowest BCUT2D eigenvalue weighted by molar-refractivity contribution is 0.959. The molecule has 1 nitrogen and oxygen atoms in total. The van der Waals surface area contributed by atoms with Crippen molar-refractivity contribution < 1.29 is 0 Å². The van der Waals surface area contributed by atoms with Crippen molar-refractivity contribution in [1.29, 1.82) is 0 Å². The van der Waals surface area contributed by atoms with Crippen LogP contribution in [0.1, 0.15) is 19.8 Å². The van der Waals surface area contributed by atoms with Crippen LogP contribution in [0.25, 0.3) is 0 Å². The fourth-order valence-electron chi connectivity index (χ4n) is 1.37. The third-order valence-electron chi connectivity index (χ3n) is 2.31. The smallest absolute Gasteiger partial charge is 0.127 e. The van der Waals surface area contributed by atoms with E-state index in [0.717, 1.165) is 0 Å². The van der Waals surface area contributed by atoms with E-state index in [1.54, 1.807) is 0 Å². The molecule has 1 aromatic rings. The van der Waals surface area contributed by atoms with Crippen LogP contribution in [-0.4, -0.2) is 13.1 Å². The number of unbranched alkanes of at least 4 members (excludes halogenated alkanes) is 1. The summed E-state index contributed by atoms with van der Waals surface area (Å²) in [5.74, 6) is 0. The summed E-state index contributed by atoms with van der Waals surface area (Å²) in [6, 6.07) is 6.19. The molecule has 0 unspecified atom stereocenters. The molecule has 2 heteroatoms. The zero-order valence-corrected chi connectivity index (χ0v) is 10.3. The topological polar surface area (TPSA) is 12.9 Å². The van der Waals surface area contributed by atoms with Crippen molar-refractivity contribution in [3.05, 3.63) is 36.2 Å². The first-order valence-electron chi connectivity index (χ1n) is 5.26. The third-order valence-corrected chi connectivity index (χ3v) is 5.00. The van der Waals surface area contributed by atoms with E-state index in [-0.39, 0.29) is 0 Å². The highest BCUT2D eigenvalue weighted by atomic mass is 28.3. The van der Waals surface area contributed by atoms with Crippen LogP contribution in [-0.2, 0) is 0 Å². The van der Waals surface area contributed by atoms with Gasteiger partial charge in [0, 0.05) is 11.5 Å². The molecule has 0 aliphatic rings. The van der Waals surface area contributed by atoms with Gasteiger partial charge in [-0.15, -0.1) is 0 Å². The van der Waals surface area contributed by atoms with E-state index in [2.05, 4.69) is 48.9 Å². The summed E-state index contributed by atoms with van der Waals surface area (Å²) in [6.07, 6.45) is 6.60. The van der Waals surface area contributed by atoms with E-state index >= 15 is 0 Å². The molecule has 0 saturated heterocycles. The maximum Gasteiger partial charge on any atom is 0.127 e. The average Bonchev–Trinajstić information content (AvgIpc) is 2.19. The first-order chi connectivity index (χ1) is 6.67. The van der Waals surface area contributed by atoms with E-state index in [0.29, 0.717) is 0 Å². The molecule has 1 rings (SSSR count). The summed E-state index contributed by atoms with van der Waals surface area (Å²) in [5, 5.41) is 1.27. The minimum atomic E-state index is -1.41. The van der Waals surface area contributed by atoms with Crippen molar-refractivity contribution in [3.8, 4) is 0 Å². The molecule has 0 aliphatic carbocycles. The molecule has 1 aromatic heterocycles. The average molecular weight is 205 g/mol. The predicted octanol–water partition coefficient (Wildman–Crippen LogP) is 2.89. The van der Waals surface area contributed by atoms with Gasteiger partial charge in [-0.05, 0) is 18.6 Å². The van der Waals surface area contributed by atoms with Crippen molar-refractivity contribution in [3.63, 3.8) is 0 Å². The second-order valence-electron chi connectivity index (χ2n) is 4.13. The summed E-state index contributed by atoms with van der Waals surface area (Å²) in [7, 11) is -1.41. The third kappa shape index (κ3) is 3.11. The number of pyridine rings is 1. The maximum atomic E-state index is 4.44. The van der Waals surface area contributed by atoms with Gasteiger partial charge in [-0.25, -0.2) is 0 Å². The number of rotatable bonds is 4. The largest absolute Gasteiger partial charge is 0.266 e. The number of hydrogen-bond acceptors (Lipinski definition) is 1. The molecule has 0 amide bonds. The Kier molecular flexibility index (Phi) is 4.08. The van der Waals surface area contributed by atoms with Gasteiger partial charge in [0.25, 0.3) is 0 Å². The monoisotopic (exact) mass is 205 g/mol. The maximum absolute atomic E-state index is 4.44. The summed E-state index contributed by atoms with van der Waals surface area (Å²) >= 11 is 0. The summed E-state index contributed by atoms with van der Waals surface area (Å²) in [5.41, 5.74) is 2.39. The molecule has 0 radical (unpaired) electrons. The Morgan fingerprint density at radius 2 is 2.14 bits per heavy atom. The quantitative estimate of drug-likeness (QED) is 0.689. The van der Waals surface area contributed by atoms with Crippen LogP contribution < -0.4 is 5.32 Å². The van der Waals surface area contributed by atoms with E-state index in [4.69, 9.17) is 0 Å². The normalized spacial score (nSPS) is 12.2. The van der Waals surface area contributed by atoms with Crippen molar-refractivity contribution >= 4 is 13.4 Å². The van der Waals surface area contributed by atoms with Gasteiger partial charge < -0.3 is 0 Å². The number of nitrogens with zero attached hydrogens (tertiary/aromatic N) is 1. The summed E-state index contributed by atoms with van der Waals surface area (Å²) < 4.78 is 0. The molecule has 76 valence electrons. The Morgan fingerprint density at radius 1 is 1.36 bits per heavy atom. The zero-order valence-electron chi connectivity index (χ0n) is 9.33. The van der Waals surface area contributed by atoms with Crippen LogP contribution in [0.2, 0.25) is 13.1 Å². The Bertz CT molecular complexity index is 290. The molecule has 0 bridgehead atoms. The van der Waals surface area contributed by atoms with E-state index in [9.17, 15) is 0 Å². The first kappa shape index (κ1) is 11.2. The lowest BCUT2D eigenvalue weighted by Crippen LogP contribution is -2.41. The SMILES string of the molecule is CCC/C=C/[Si](C)(C)c1ccccn1. The fourth-order valence-corrected chi connectivity index (χ4v) is 3.23. The van der Waals surface area contributed by atoms with Crippen molar-refractivity contribution in [2.45, 2.75) is 32.9 Å². The van der Waals surface area contributed by atoms with Gasteiger partial charge in [-0.2, -0.15) is 0 Å². The van der Waals surface area contributed by atoms with Gasteiger partial charge in [-0.1, -0.05) is 44.3 Å². The second kappa shape index (κ2) is 5.10. The molecule has 0 spiro atoms. The highest BCUT2D eigenvalue weighted by molar-refractivity contribution is 6.93.